The highest BCUT2D eigenvalue weighted by atomic mass is 79.9. The van der Waals surface area contributed by atoms with Gasteiger partial charge in [-0.05, 0) is 37.5 Å². The number of ether oxygens (including phenoxy) is 1. The van der Waals surface area contributed by atoms with Gasteiger partial charge in [-0.1, -0.05) is 49.0 Å². The van der Waals surface area contributed by atoms with Gasteiger partial charge in [0.05, 0.1) is 6.10 Å². The molecule has 1 aliphatic rings. The highest BCUT2D eigenvalue weighted by Crippen LogP contribution is 2.28. The molecular formula is C14H27BrO. The maximum absolute atomic E-state index is 6.02. The lowest BCUT2D eigenvalue weighted by atomic mass is 9.85. The lowest BCUT2D eigenvalue weighted by Crippen LogP contribution is -2.23. The predicted molar refractivity (Wildman–Crippen MR) is 74.2 cm³/mol. The first-order valence-electron chi connectivity index (χ1n) is 6.93. The van der Waals surface area contributed by atoms with E-state index >= 15 is 0 Å². The molecule has 1 fully saturated rings. The number of hydrogen-bond donors (Lipinski definition) is 0. The van der Waals surface area contributed by atoms with Crippen molar-refractivity contribution in [1.82, 2.24) is 0 Å². The van der Waals surface area contributed by atoms with E-state index in [-0.39, 0.29) is 0 Å². The Bertz CT molecular complexity index is 172. The van der Waals surface area contributed by atoms with E-state index in [1.54, 1.807) is 0 Å². The summed E-state index contributed by atoms with van der Waals surface area (Å²) in [6, 6.07) is 0. The molecule has 3 unspecified atom stereocenters. The van der Waals surface area contributed by atoms with Gasteiger partial charge in [0.2, 0.25) is 0 Å². The van der Waals surface area contributed by atoms with Crippen LogP contribution in [0.25, 0.3) is 0 Å². The van der Waals surface area contributed by atoms with Crippen molar-refractivity contribution in [2.24, 2.45) is 11.8 Å². The minimum absolute atomic E-state index is 0.565. The van der Waals surface area contributed by atoms with Crippen molar-refractivity contribution in [2.75, 3.05) is 11.9 Å². The third-order valence-electron chi connectivity index (χ3n) is 3.88. The van der Waals surface area contributed by atoms with Crippen LogP contribution in [0.3, 0.4) is 0 Å². The van der Waals surface area contributed by atoms with Crippen LogP contribution < -0.4 is 0 Å². The van der Waals surface area contributed by atoms with E-state index in [1.165, 1.54) is 44.9 Å². The van der Waals surface area contributed by atoms with Gasteiger partial charge < -0.3 is 4.74 Å². The third kappa shape index (κ3) is 5.67. The second-order valence-electron chi connectivity index (χ2n) is 5.31. The molecule has 0 bridgehead atoms. The fourth-order valence-electron chi connectivity index (χ4n) is 2.53. The SMILES string of the molecule is CCC1CCCC(OCCC(C)CCBr)C1. The molecule has 0 heterocycles. The molecule has 1 rings (SSSR count). The van der Waals surface area contributed by atoms with Crippen molar-refractivity contribution in [3.63, 3.8) is 0 Å². The van der Waals surface area contributed by atoms with Gasteiger partial charge in [-0.25, -0.2) is 0 Å². The van der Waals surface area contributed by atoms with Crippen molar-refractivity contribution >= 4 is 15.9 Å². The second-order valence-corrected chi connectivity index (χ2v) is 6.10. The average Bonchev–Trinajstić information content (AvgIpc) is 2.30. The van der Waals surface area contributed by atoms with Gasteiger partial charge in [-0.2, -0.15) is 0 Å². The standard InChI is InChI=1S/C14H27BrO/c1-3-13-5-4-6-14(11-13)16-10-8-12(2)7-9-15/h12-14H,3-11H2,1-2H3. The van der Waals surface area contributed by atoms with Gasteiger partial charge in [0.1, 0.15) is 0 Å². The molecule has 0 aromatic heterocycles. The van der Waals surface area contributed by atoms with Gasteiger partial charge in [0.15, 0.2) is 0 Å². The zero-order chi connectivity index (χ0) is 11.8. The molecule has 0 aliphatic heterocycles. The Morgan fingerprint density at radius 1 is 1.31 bits per heavy atom. The first-order chi connectivity index (χ1) is 7.76. The van der Waals surface area contributed by atoms with Crippen LogP contribution in [0.5, 0.6) is 0 Å². The van der Waals surface area contributed by atoms with Gasteiger partial charge in [-0.15, -0.1) is 0 Å². The zero-order valence-corrected chi connectivity index (χ0v) is 12.5. The Kier molecular flexibility index (Phi) is 7.72. The molecule has 2 heteroatoms. The van der Waals surface area contributed by atoms with E-state index in [2.05, 4.69) is 29.8 Å². The Morgan fingerprint density at radius 3 is 2.81 bits per heavy atom. The Balaban J connectivity index is 2.08. The summed E-state index contributed by atoms with van der Waals surface area (Å²) < 4.78 is 6.02. The molecule has 0 spiro atoms. The van der Waals surface area contributed by atoms with Crippen LogP contribution in [0.4, 0.5) is 0 Å². The monoisotopic (exact) mass is 290 g/mol. The van der Waals surface area contributed by atoms with Crippen molar-refractivity contribution in [1.29, 1.82) is 0 Å². The highest BCUT2D eigenvalue weighted by Gasteiger charge is 2.21. The van der Waals surface area contributed by atoms with Crippen LogP contribution in [0.2, 0.25) is 0 Å². The summed E-state index contributed by atoms with van der Waals surface area (Å²) in [5, 5.41) is 1.12. The van der Waals surface area contributed by atoms with Gasteiger partial charge in [0, 0.05) is 11.9 Å². The summed E-state index contributed by atoms with van der Waals surface area (Å²) >= 11 is 3.49. The predicted octanol–water partition coefficient (Wildman–Crippen LogP) is 4.78. The van der Waals surface area contributed by atoms with Crippen LogP contribution in [0.1, 0.15) is 58.8 Å². The van der Waals surface area contributed by atoms with Gasteiger partial charge in [0.25, 0.3) is 0 Å². The fraction of sp³-hybridized carbons (Fsp3) is 1.00. The molecule has 1 saturated carbocycles. The molecule has 1 nitrogen and oxygen atoms in total. The van der Waals surface area contributed by atoms with E-state index in [1.807, 2.05) is 0 Å². The Labute approximate surface area is 109 Å². The second kappa shape index (κ2) is 8.52. The normalized spacial score (nSPS) is 27.9. The highest BCUT2D eigenvalue weighted by molar-refractivity contribution is 9.09. The van der Waals surface area contributed by atoms with Gasteiger partial charge in [-0.3, -0.25) is 0 Å². The maximum atomic E-state index is 6.02. The molecule has 0 N–H and O–H groups in total. The average molecular weight is 291 g/mol. The molecule has 0 aromatic rings. The Hall–Kier alpha value is 0.440. The van der Waals surface area contributed by atoms with Gasteiger partial charge >= 0.3 is 0 Å². The number of halogens is 1. The van der Waals surface area contributed by atoms with Crippen molar-refractivity contribution in [2.45, 2.75) is 64.9 Å². The first kappa shape index (κ1) is 14.5. The molecule has 3 atom stereocenters. The summed E-state index contributed by atoms with van der Waals surface area (Å²) in [5.74, 6) is 1.73. The molecule has 1 aliphatic carbocycles. The van der Waals surface area contributed by atoms with Crippen LogP contribution in [0.15, 0.2) is 0 Å². The van der Waals surface area contributed by atoms with E-state index < -0.39 is 0 Å². The lowest BCUT2D eigenvalue weighted by Gasteiger charge is -2.28. The largest absolute Gasteiger partial charge is 0.378 e. The zero-order valence-electron chi connectivity index (χ0n) is 10.9. The van der Waals surface area contributed by atoms with E-state index in [0.29, 0.717) is 6.10 Å². The van der Waals surface area contributed by atoms with Crippen molar-refractivity contribution in [3.8, 4) is 0 Å². The summed E-state index contributed by atoms with van der Waals surface area (Å²) in [4.78, 5) is 0. The van der Waals surface area contributed by atoms with Crippen molar-refractivity contribution in [3.05, 3.63) is 0 Å². The molecule has 0 radical (unpaired) electrons. The summed E-state index contributed by atoms with van der Waals surface area (Å²) in [6.45, 7) is 5.60. The van der Waals surface area contributed by atoms with Crippen molar-refractivity contribution < 1.29 is 4.74 Å². The minimum Gasteiger partial charge on any atom is -0.378 e. The fourth-order valence-corrected chi connectivity index (χ4v) is 3.31. The Morgan fingerprint density at radius 2 is 2.12 bits per heavy atom. The summed E-state index contributed by atoms with van der Waals surface area (Å²) in [6.07, 6.45) is 9.79. The molecule has 0 aromatic carbocycles. The lowest BCUT2D eigenvalue weighted by molar-refractivity contribution is 0.00700. The van der Waals surface area contributed by atoms with E-state index in [9.17, 15) is 0 Å². The van der Waals surface area contributed by atoms with Crippen LogP contribution in [-0.4, -0.2) is 18.0 Å². The molecule has 16 heavy (non-hydrogen) atoms. The van der Waals surface area contributed by atoms with Crippen LogP contribution >= 0.6 is 15.9 Å². The third-order valence-corrected chi connectivity index (χ3v) is 4.34. The molecule has 0 saturated heterocycles. The molecular weight excluding hydrogens is 264 g/mol. The number of alkyl halides is 1. The van der Waals surface area contributed by atoms with Crippen LogP contribution in [-0.2, 0) is 4.74 Å². The smallest absolute Gasteiger partial charge is 0.0577 e. The maximum Gasteiger partial charge on any atom is 0.0577 e. The quantitative estimate of drug-likeness (QED) is 0.613. The van der Waals surface area contributed by atoms with Crippen LogP contribution in [0, 0.1) is 11.8 Å². The molecule has 0 amide bonds. The number of hydrogen-bond acceptors (Lipinski definition) is 1. The van der Waals surface area contributed by atoms with E-state index in [0.717, 1.165) is 23.8 Å². The summed E-state index contributed by atoms with van der Waals surface area (Å²) in [7, 11) is 0. The number of rotatable bonds is 7. The minimum atomic E-state index is 0.565. The summed E-state index contributed by atoms with van der Waals surface area (Å²) in [5.41, 5.74) is 0. The topological polar surface area (TPSA) is 9.23 Å². The van der Waals surface area contributed by atoms with E-state index in [4.69, 9.17) is 4.74 Å². The first-order valence-corrected chi connectivity index (χ1v) is 8.06. The molecule has 96 valence electrons.